The third kappa shape index (κ3) is 3.95. The third-order valence-corrected chi connectivity index (χ3v) is 8.38. The molecule has 0 aromatic heterocycles. The Morgan fingerprint density at radius 3 is 2.37 bits per heavy atom. The van der Waals surface area contributed by atoms with Crippen molar-refractivity contribution >= 4 is 43.1 Å². The summed E-state index contributed by atoms with van der Waals surface area (Å²) >= 11 is 6.06. The number of benzene rings is 2. The lowest BCUT2D eigenvalue weighted by molar-refractivity contribution is 0.0696. The van der Waals surface area contributed by atoms with Crippen LogP contribution in [0.1, 0.15) is 16.8 Å². The van der Waals surface area contributed by atoms with Crippen LogP contribution in [0.5, 0.6) is 0 Å². The lowest BCUT2D eigenvalue weighted by Gasteiger charge is -2.30. The minimum Gasteiger partial charge on any atom is -0.478 e. The van der Waals surface area contributed by atoms with Crippen LogP contribution < -0.4 is 4.31 Å². The summed E-state index contributed by atoms with van der Waals surface area (Å²) in [5.74, 6) is -1.71. The Kier molecular flexibility index (Phi) is 5.20. The second-order valence-electron chi connectivity index (χ2n) is 6.14. The number of rotatable bonds is 5. The topological polar surface area (TPSA) is 109 Å². The van der Waals surface area contributed by atoms with E-state index >= 15 is 0 Å². The fourth-order valence-electron chi connectivity index (χ4n) is 3.02. The molecule has 2 aromatic carbocycles. The van der Waals surface area contributed by atoms with Gasteiger partial charge in [-0.15, -0.1) is 0 Å². The van der Waals surface area contributed by atoms with Gasteiger partial charge in [0.1, 0.15) is 4.90 Å². The average Bonchev–Trinajstić information content (AvgIpc) is 2.95. The molecule has 1 fully saturated rings. The summed E-state index contributed by atoms with van der Waals surface area (Å²) in [5, 5.41) is 9.03. The molecule has 0 saturated carbocycles. The number of aromatic carboxylic acids is 1. The Hall–Kier alpha value is -2.10. The van der Waals surface area contributed by atoms with E-state index in [1.165, 1.54) is 12.1 Å². The standard InChI is InChI=1S/C17H16ClNO6S2/c18-15-7-6-12(17(20)21)10-16(15)27(24,25)19(13-4-2-1-3-5-13)14-8-9-26(22,23)11-14/h1-7,10,14H,8-9,11H2,(H,20,21)/t14-/m1/s1. The predicted molar refractivity (Wildman–Crippen MR) is 102 cm³/mol. The average molecular weight is 430 g/mol. The Balaban J connectivity index is 2.17. The zero-order chi connectivity index (χ0) is 19.8. The van der Waals surface area contributed by atoms with Gasteiger partial charge < -0.3 is 5.11 Å². The molecule has 3 rings (SSSR count). The normalized spacial score (nSPS) is 18.9. The number of hydrogen-bond acceptors (Lipinski definition) is 5. The first kappa shape index (κ1) is 19.7. The molecule has 7 nitrogen and oxygen atoms in total. The molecule has 1 heterocycles. The van der Waals surface area contributed by atoms with Crippen LogP contribution in [0.25, 0.3) is 0 Å². The summed E-state index contributed by atoms with van der Waals surface area (Å²) < 4.78 is 51.6. The number of para-hydroxylation sites is 1. The molecule has 1 atom stereocenters. The zero-order valence-corrected chi connectivity index (χ0v) is 16.3. The van der Waals surface area contributed by atoms with Crippen molar-refractivity contribution in [3.05, 3.63) is 59.1 Å². The largest absolute Gasteiger partial charge is 0.478 e. The van der Waals surface area contributed by atoms with Crippen LogP contribution in [-0.4, -0.2) is 45.5 Å². The van der Waals surface area contributed by atoms with Crippen LogP contribution >= 0.6 is 11.6 Å². The summed E-state index contributed by atoms with van der Waals surface area (Å²) in [4.78, 5) is 10.9. The quantitative estimate of drug-likeness (QED) is 0.781. The van der Waals surface area contributed by atoms with E-state index in [1.807, 2.05) is 0 Å². The van der Waals surface area contributed by atoms with Crippen molar-refractivity contribution in [1.82, 2.24) is 0 Å². The van der Waals surface area contributed by atoms with Crippen molar-refractivity contribution in [3.8, 4) is 0 Å². The van der Waals surface area contributed by atoms with Gasteiger partial charge in [0.15, 0.2) is 9.84 Å². The molecule has 1 saturated heterocycles. The number of hydrogen-bond donors (Lipinski definition) is 1. The molecule has 0 radical (unpaired) electrons. The van der Waals surface area contributed by atoms with Gasteiger partial charge in [-0.2, -0.15) is 0 Å². The number of nitrogens with zero attached hydrogens (tertiary/aromatic N) is 1. The van der Waals surface area contributed by atoms with Gasteiger partial charge in [-0.3, -0.25) is 4.31 Å². The first-order valence-corrected chi connectivity index (χ1v) is 11.6. The molecule has 10 heteroatoms. The van der Waals surface area contributed by atoms with Gasteiger partial charge in [0.2, 0.25) is 0 Å². The molecular weight excluding hydrogens is 414 g/mol. The van der Waals surface area contributed by atoms with Gasteiger partial charge in [0.05, 0.1) is 33.8 Å². The maximum absolute atomic E-state index is 13.4. The van der Waals surface area contributed by atoms with E-state index < -0.39 is 31.9 Å². The second-order valence-corrected chi connectivity index (χ2v) is 10.6. The minimum atomic E-state index is -4.30. The summed E-state index contributed by atoms with van der Waals surface area (Å²) in [6, 6.07) is 10.7. The Labute approximate surface area is 162 Å². The molecule has 0 bridgehead atoms. The minimum absolute atomic E-state index is 0.112. The van der Waals surface area contributed by atoms with Crippen molar-refractivity contribution < 1.29 is 26.7 Å². The maximum atomic E-state index is 13.4. The van der Waals surface area contributed by atoms with Crippen molar-refractivity contribution in [2.24, 2.45) is 0 Å². The van der Waals surface area contributed by atoms with Gasteiger partial charge in [-0.1, -0.05) is 29.8 Å². The van der Waals surface area contributed by atoms with Crippen LogP contribution in [0.3, 0.4) is 0 Å². The van der Waals surface area contributed by atoms with Crippen LogP contribution in [0.4, 0.5) is 5.69 Å². The number of sulfonamides is 1. The van der Waals surface area contributed by atoms with Gasteiger partial charge in [0.25, 0.3) is 10.0 Å². The van der Waals surface area contributed by atoms with E-state index in [-0.39, 0.29) is 39.1 Å². The van der Waals surface area contributed by atoms with Gasteiger partial charge >= 0.3 is 5.97 Å². The molecule has 0 spiro atoms. The van der Waals surface area contributed by atoms with Crippen molar-refractivity contribution in [2.45, 2.75) is 17.4 Å². The van der Waals surface area contributed by atoms with Crippen molar-refractivity contribution in [1.29, 1.82) is 0 Å². The molecule has 0 aliphatic carbocycles. The highest BCUT2D eigenvalue weighted by Gasteiger charge is 2.40. The van der Waals surface area contributed by atoms with Crippen LogP contribution in [0.2, 0.25) is 5.02 Å². The SMILES string of the molecule is O=C(O)c1ccc(Cl)c(S(=O)(=O)N(c2ccccc2)[C@@H]2CCS(=O)(=O)C2)c1. The van der Waals surface area contributed by atoms with Crippen LogP contribution in [-0.2, 0) is 19.9 Å². The number of anilines is 1. The molecule has 0 unspecified atom stereocenters. The monoisotopic (exact) mass is 429 g/mol. The molecule has 2 aromatic rings. The molecule has 27 heavy (non-hydrogen) atoms. The Morgan fingerprint density at radius 1 is 1.15 bits per heavy atom. The summed E-state index contributed by atoms with van der Waals surface area (Å²) in [6.07, 6.45) is 0.146. The summed E-state index contributed by atoms with van der Waals surface area (Å²) in [7, 11) is -7.66. The van der Waals surface area contributed by atoms with E-state index in [1.54, 1.807) is 30.3 Å². The number of sulfone groups is 1. The zero-order valence-electron chi connectivity index (χ0n) is 13.9. The van der Waals surface area contributed by atoms with E-state index in [0.29, 0.717) is 0 Å². The van der Waals surface area contributed by atoms with E-state index in [9.17, 15) is 26.7 Å². The lowest BCUT2D eigenvalue weighted by atomic mass is 10.2. The highest BCUT2D eigenvalue weighted by molar-refractivity contribution is 7.93. The molecule has 144 valence electrons. The molecule has 1 N–H and O–H groups in total. The highest BCUT2D eigenvalue weighted by atomic mass is 35.5. The van der Waals surface area contributed by atoms with Crippen LogP contribution in [0.15, 0.2) is 53.4 Å². The van der Waals surface area contributed by atoms with Crippen LogP contribution in [0, 0.1) is 0 Å². The first-order chi connectivity index (χ1) is 12.6. The maximum Gasteiger partial charge on any atom is 0.335 e. The van der Waals surface area contributed by atoms with Gasteiger partial charge in [-0.05, 0) is 36.8 Å². The smallest absolute Gasteiger partial charge is 0.335 e. The fourth-order valence-corrected chi connectivity index (χ4v) is 7.00. The molecule has 1 aliphatic heterocycles. The number of carboxylic acid groups (broad SMARTS) is 1. The Bertz CT molecular complexity index is 1080. The molecular formula is C17H16ClNO6S2. The predicted octanol–water partition coefficient (Wildman–Crippen LogP) is 2.42. The Morgan fingerprint density at radius 2 is 1.81 bits per heavy atom. The lowest BCUT2D eigenvalue weighted by Crippen LogP contribution is -2.41. The van der Waals surface area contributed by atoms with Gasteiger partial charge in [0, 0.05) is 0 Å². The third-order valence-electron chi connectivity index (χ3n) is 4.27. The first-order valence-electron chi connectivity index (χ1n) is 7.94. The molecule has 0 amide bonds. The molecule has 1 aliphatic rings. The van der Waals surface area contributed by atoms with Gasteiger partial charge in [-0.25, -0.2) is 21.6 Å². The van der Waals surface area contributed by atoms with E-state index in [4.69, 9.17) is 11.6 Å². The number of carboxylic acids is 1. The van der Waals surface area contributed by atoms with E-state index in [0.717, 1.165) is 10.4 Å². The summed E-state index contributed by atoms with van der Waals surface area (Å²) in [6.45, 7) is 0. The van der Waals surface area contributed by atoms with Crippen molar-refractivity contribution in [3.63, 3.8) is 0 Å². The van der Waals surface area contributed by atoms with Crippen molar-refractivity contribution in [2.75, 3.05) is 15.8 Å². The fraction of sp³-hybridized carbons (Fsp3) is 0.235. The second kappa shape index (κ2) is 7.14. The highest BCUT2D eigenvalue weighted by Crippen LogP contribution is 2.33. The summed E-state index contributed by atoms with van der Waals surface area (Å²) in [5.41, 5.74) is 0.0569. The number of halogens is 1. The van der Waals surface area contributed by atoms with E-state index in [2.05, 4.69) is 0 Å². The number of carbonyl (C=O) groups is 1.